The SMILES string of the molecule is C.ClCCl.Fc1c[c-]c(-c2ccccn2)c(F)c1.Fc1c[c-]c(-c2ccccn2)c(F)c1.Fc1c[c-]c(-c2ccccn2)c(F)c1.Fc1c[c-]c(-c2ccccn2)c(F)c1.[C-]#N.[C-]#N.[C-]#N.[C-]#N.[Cl-].[Ir+3].[Ir+3].[Ir+3].[Ir+3].[K+].[c-]1ccccc1-c1ccccn1.[c-]1ccccc1-c1ccccn1.[c-]1ccccc1-c1ccccn1.[c-]1ccccc1-c1ccccn1.c1ccc(-c2ccccn2)nc1.c1ccc(-c2ccccn2)nc1. The fourth-order valence-electron chi connectivity index (χ4n) is 11.0. The van der Waals surface area contributed by atoms with Gasteiger partial charge in [-0.15, -0.1) is 215 Å². The van der Waals surface area contributed by atoms with Gasteiger partial charge in [0.25, 0.3) is 0 Å². The first-order valence-electron chi connectivity index (χ1n) is 40.6. The summed E-state index contributed by atoms with van der Waals surface area (Å²) in [7, 11) is 0. The maximum atomic E-state index is 13.2. The molecule has 0 amide bonds. The molecule has 0 fully saturated rings. The number of nitrogens with zero attached hydrogens (tertiary/aromatic N) is 16. The van der Waals surface area contributed by atoms with Crippen LogP contribution in [-0.4, -0.2) is 65.1 Å². The number of alkyl halides is 2. The van der Waals surface area contributed by atoms with Crippen LogP contribution in [0.2, 0.25) is 0 Å². The molecule has 12 aromatic heterocycles. The third-order valence-corrected chi connectivity index (χ3v) is 16.9. The summed E-state index contributed by atoms with van der Waals surface area (Å²) >= 11 is 9.53. The zero-order valence-corrected chi connectivity index (χ0v) is 90.9. The third-order valence-electron chi connectivity index (χ3n) is 16.9. The van der Waals surface area contributed by atoms with Gasteiger partial charge in [-0.2, -0.15) is 0 Å². The normalized spacial score (nSPS) is 8.84. The minimum atomic E-state index is -0.649. The van der Waals surface area contributed by atoms with Gasteiger partial charge >= 0.3 is 132 Å². The second-order valence-electron chi connectivity index (χ2n) is 25.9. The predicted molar refractivity (Wildman–Crippen MR) is 526 cm³/mol. The zero-order chi connectivity index (χ0) is 99.9. The average Bonchev–Trinajstić information content (AvgIpc) is 0.846. The fraction of sp³-hybridized carbons (Fsp3) is 0.0175. The molecule has 0 saturated heterocycles. The van der Waals surface area contributed by atoms with E-state index in [9.17, 15) is 35.1 Å². The monoisotopic (exact) mass is 2740 g/mol. The van der Waals surface area contributed by atoms with Crippen LogP contribution in [0.3, 0.4) is 0 Å². The molecule has 0 saturated carbocycles. The Morgan fingerprint density at radius 1 is 0.205 bits per heavy atom. The van der Waals surface area contributed by atoms with Crippen molar-refractivity contribution in [1.29, 1.82) is 21.0 Å². The van der Waals surface area contributed by atoms with Crippen LogP contribution >= 0.6 is 23.2 Å². The van der Waals surface area contributed by atoms with Crippen molar-refractivity contribution in [3.8, 4) is 113 Å². The molecule has 8 aromatic carbocycles. The molecule has 0 unspecified atom stereocenters. The molecule has 0 N–H and O–H groups in total. The molecule has 20 aromatic rings. The summed E-state index contributed by atoms with van der Waals surface area (Å²) in [6, 6.07) is 129. The summed E-state index contributed by atoms with van der Waals surface area (Å²) in [5.74, 6) is -5.14. The molecule has 0 atom stereocenters. The van der Waals surface area contributed by atoms with Crippen LogP contribution in [0.5, 0.6) is 0 Å². The number of pyridine rings is 12. The first-order valence-corrected chi connectivity index (χ1v) is 41.7. The van der Waals surface area contributed by atoms with Gasteiger partial charge in [-0.05, 0) is 143 Å². The van der Waals surface area contributed by atoms with Crippen molar-refractivity contribution >= 4 is 23.2 Å². The number of benzene rings is 8. The molecule has 0 radical (unpaired) electrons. The first kappa shape index (κ1) is 134. The molecular weight excluding hydrogens is 2660 g/mol. The summed E-state index contributed by atoms with van der Waals surface area (Å²) in [6.07, 6.45) is 20.4. The standard InChI is InChI=1S/4C11H6F2N.4C11H8N.2C10H8N2.CH2Cl2.4CN.CH4.ClH.4Ir.K/c4*12-8-4-5-9(10(13)7-8)11-3-1-2-6-14-11;4*1-2-6-10(7-3-1)11-8-4-5-9-12-11;2*1-3-7-11-9(5-1)10-6-2-4-8-12-10;2-1-3;4*1-2;;;;;;;/h4*1-4,6-7H;4*1-6,8-9H;2*1-8H;1H2;;;;;1H4;1H;;;;;/q8*-1;;;;4*-1;;;4*+3;+1/p-1. The van der Waals surface area contributed by atoms with Gasteiger partial charge in [0.05, 0.1) is 28.1 Å². The van der Waals surface area contributed by atoms with Crippen LogP contribution in [0.15, 0.2) is 438 Å². The molecule has 0 spiro atoms. The smallest absolute Gasteiger partial charge is 1.00 e. The molecule has 20 rings (SSSR count). The van der Waals surface area contributed by atoms with Gasteiger partial charge in [0.1, 0.15) is 0 Å². The van der Waals surface area contributed by atoms with E-state index in [2.05, 4.69) is 108 Å². The molecule has 728 valence electrons. The Bertz CT molecular complexity index is 5600. The third kappa shape index (κ3) is 51.0. The summed E-state index contributed by atoms with van der Waals surface area (Å²) in [6.45, 7) is 19.0. The van der Waals surface area contributed by atoms with Gasteiger partial charge in [0, 0.05) is 121 Å². The van der Waals surface area contributed by atoms with E-state index in [0.717, 1.165) is 116 Å². The van der Waals surface area contributed by atoms with Crippen molar-refractivity contribution < 1.29 is 179 Å². The van der Waals surface area contributed by atoms with Crippen molar-refractivity contribution in [3.05, 3.63) is 560 Å². The van der Waals surface area contributed by atoms with Crippen molar-refractivity contribution in [2.75, 3.05) is 5.34 Å². The Morgan fingerprint density at radius 3 is 0.452 bits per heavy atom. The van der Waals surface area contributed by atoms with Crippen molar-refractivity contribution in [2.45, 2.75) is 7.43 Å². The van der Waals surface area contributed by atoms with E-state index in [4.69, 9.17) is 70.5 Å². The van der Waals surface area contributed by atoms with Gasteiger partial charge in [-0.25, -0.2) is 0 Å². The van der Waals surface area contributed by atoms with Gasteiger partial charge < -0.3 is 99.6 Å². The van der Waals surface area contributed by atoms with Crippen molar-refractivity contribution in [1.82, 2.24) is 59.8 Å². The number of hydrogen-bond acceptors (Lipinski definition) is 16. The molecule has 32 heteroatoms. The van der Waals surface area contributed by atoms with E-state index in [0.29, 0.717) is 22.8 Å². The number of rotatable bonds is 10. The molecule has 0 aliphatic carbocycles. The van der Waals surface area contributed by atoms with Crippen LogP contribution in [0.25, 0.3) is 113 Å². The van der Waals surface area contributed by atoms with Crippen LogP contribution < -0.4 is 63.8 Å². The largest absolute Gasteiger partial charge is 3.00 e. The second kappa shape index (κ2) is 83.4. The van der Waals surface area contributed by atoms with Gasteiger partial charge in [-0.3, -0.25) is 55.1 Å². The predicted octanol–water partition coefficient (Wildman–Crippen LogP) is 22.2. The Kier molecular flexibility index (Phi) is 76.6. The van der Waals surface area contributed by atoms with Gasteiger partial charge in [0.15, 0.2) is 0 Å². The van der Waals surface area contributed by atoms with E-state index in [-0.39, 0.29) is 179 Å². The topological polar surface area (TPSA) is 250 Å². The van der Waals surface area contributed by atoms with Crippen molar-refractivity contribution in [3.63, 3.8) is 0 Å². The molecule has 16 nitrogen and oxygen atoms in total. The summed E-state index contributed by atoms with van der Waals surface area (Å²) in [5.41, 5.74) is 14.2. The maximum Gasteiger partial charge on any atom is 3.00 e. The number of aromatic nitrogens is 12. The first-order chi connectivity index (χ1) is 68.3. The zero-order valence-electron chi connectivity index (χ0n) is 75.9. The van der Waals surface area contributed by atoms with Gasteiger partial charge in [-0.1, -0.05) is 175 Å². The second-order valence-corrected chi connectivity index (χ2v) is 26.8. The van der Waals surface area contributed by atoms with E-state index in [1.54, 1.807) is 147 Å². The minimum absolute atomic E-state index is 0. The van der Waals surface area contributed by atoms with Crippen LogP contribution in [-0.2, 0) is 80.4 Å². The van der Waals surface area contributed by atoms with Crippen molar-refractivity contribution in [2.24, 2.45) is 0 Å². The molecule has 12 heterocycles. The molecule has 146 heavy (non-hydrogen) atoms. The summed E-state index contributed by atoms with van der Waals surface area (Å²) in [4.78, 5) is 49.4. The maximum absolute atomic E-state index is 13.2. The Balaban J connectivity index is 0. The molecular formula is C114H78Cl3F8Ir4KN16. The van der Waals surface area contributed by atoms with Crippen LogP contribution in [0.1, 0.15) is 7.43 Å². The molecule has 0 bridgehead atoms. The van der Waals surface area contributed by atoms with E-state index < -0.39 is 46.5 Å². The van der Waals surface area contributed by atoms with E-state index in [1.165, 1.54) is 0 Å². The fourth-order valence-corrected chi connectivity index (χ4v) is 11.0. The number of hydrogen-bond donors (Lipinski definition) is 0. The minimum Gasteiger partial charge on any atom is -1.00 e. The quantitative estimate of drug-likeness (QED) is 0.0534. The van der Waals surface area contributed by atoms with Crippen LogP contribution in [0, 0.1) is 142 Å². The Labute approximate surface area is 958 Å². The molecule has 0 aliphatic heterocycles. The average molecular weight is 2740 g/mol. The van der Waals surface area contributed by atoms with E-state index >= 15 is 0 Å². The Hall–Kier alpha value is -13.9. The summed E-state index contributed by atoms with van der Waals surface area (Å²) < 4.78 is 103. The van der Waals surface area contributed by atoms with Crippen LogP contribution in [0.4, 0.5) is 35.1 Å². The molecule has 0 aliphatic rings. The van der Waals surface area contributed by atoms with Gasteiger partial charge in [0.2, 0.25) is 0 Å². The Morgan fingerprint density at radius 2 is 0.336 bits per heavy atom. The summed E-state index contributed by atoms with van der Waals surface area (Å²) in [5, 5.41) is 25.2. The number of halogens is 11. The van der Waals surface area contributed by atoms with E-state index in [1.807, 2.05) is 243 Å².